The number of alkyl halides is 1. The van der Waals surface area contributed by atoms with Gasteiger partial charge in [-0.3, -0.25) is 14.2 Å². The van der Waals surface area contributed by atoms with Crippen molar-refractivity contribution in [2.24, 2.45) is 0 Å². The van der Waals surface area contributed by atoms with Gasteiger partial charge in [0, 0.05) is 15.6 Å². The van der Waals surface area contributed by atoms with E-state index in [4.69, 9.17) is 22.7 Å². The highest BCUT2D eigenvalue weighted by molar-refractivity contribution is 5.81. The van der Waals surface area contributed by atoms with E-state index >= 15 is 4.39 Å². The molecule has 11 heteroatoms. The number of halogens is 1. The molecule has 3 unspecified atom stereocenters. The molecular formula is C20H28FN5O5. The molecule has 1 aliphatic heterocycles. The average molecular weight is 439 g/mol. The molecule has 2 aromatic rings. The van der Waals surface area contributed by atoms with Crippen molar-refractivity contribution < 1.29 is 30.9 Å². The largest absolute Gasteiger partial charge is 0.463 e. The Morgan fingerprint density at radius 3 is 2.65 bits per heavy atom. The third-order valence-corrected chi connectivity index (χ3v) is 4.80. The Labute approximate surface area is 182 Å². The van der Waals surface area contributed by atoms with E-state index in [9.17, 15) is 9.59 Å². The summed E-state index contributed by atoms with van der Waals surface area (Å²) in [4.78, 5) is 36.3. The Bertz CT molecular complexity index is 979. The molecule has 0 radical (unpaired) electrons. The van der Waals surface area contributed by atoms with E-state index in [-0.39, 0.29) is 36.4 Å². The topological polar surface area (TPSA) is 131 Å². The maximum Gasteiger partial charge on any atom is 0.306 e. The minimum absolute atomic E-state index is 0.113. The first-order chi connectivity index (χ1) is 15.7. The van der Waals surface area contributed by atoms with Crippen molar-refractivity contribution in [2.75, 3.05) is 12.3 Å². The van der Waals surface area contributed by atoms with Crippen molar-refractivity contribution in [3.05, 3.63) is 12.7 Å². The summed E-state index contributed by atoms with van der Waals surface area (Å²) in [7, 11) is 0. The van der Waals surface area contributed by atoms with Gasteiger partial charge in [-0.1, -0.05) is 26.7 Å². The molecule has 3 heterocycles. The van der Waals surface area contributed by atoms with Gasteiger partial charge in [0.1, 0.15) is 24.6 Å². The van der Waals surface area contributed by atoms with Crippen LogP contribution in [0.25, 0.3) is 11.2 Å². The van der Waals surface area contributed by atoms with Crippen LogP contribution in [0, 0.1) is 0 Å². The second kappa shape index (κ2) is 10.5. The molecule has 2 N–H and O–H groups in total. The highest BCUT2D eigenvalue weighted by Gasteiger charge is 2.49. The number of imidazole rings is 1. The number of aromatic nitrogens is 4. The van der Waals surface area contributed by atoms with Crippen molar-refractivity contribution in [1.82, 2.24) is 19.5 Å². The predicted molar refractivity (Wildman–Crippen MR) is 108 cm³/mol. The van der Waals surface area contributed by atoms with Gasteiger partial charge in [-0.05, 0) is 12.8 Å². The second-order valence-electron chi connectivity index (χ2n) is 7.03. The van der Waals surface area contributed by atoms with Crippen LogP contribution >= 0.6 is 0 Å². The minimum atomic E-state index is -1.84. The van der Waals surface area contributed by atoms with Gasteiger partial charge in [0.25, 0.3) is 0 Å². The number of ether oxygens (including phenoxy) is 3. The van der Waals surface area contributed by atoms with Gasteiger partial charge in [0.05, 0.1) is 6.33 Å². The maximum atomic E-state index is 15.5. The van der Waals surface area contributed by atoms with Crippen LogP contribution in [0.2, 0.25) is 0 Å². The van der Waals surface area contributed by atoms with Crippen LogP contribution in [-0.2, 0) is 23.8 Å². The fraction of sp³-hybridized carbons (Fsp3) is 0.650. The molecule has 3 rings (SSSR count). The predicted octanol–water partition coefficient (Wildman–Crippen LogP) is 2.48. The van der Waals surface area contributed by atoms with E-state index in [1.807, 2.05) is 0 Å². The zero-order valence-corrected chi connectivity index (χ0v) is 17.4. The molecule has 0 bridgehead atoms. The molecule has 0 aromatic carbocycles. The number of carbonyl (C=O) groups excluding carboxylic acids is 2. The van der Waals surface area contributed by atoms with E-state index in [0.29, 0.717) is 12.8 Å². The molecule has 0 spiro atoms. The summed E-state index contributed by atoms with van der Waals surface area (Å²) in [5, 5.41) is 0. The number of fused-ring (bicyclic) bond motifs is 1. The average Bonchev–Trinajstić information content (AvgIpc) is 3.34. The lowest BCUT2D eigenvalue weighted by Gasteiger charge is -2.19. The summed E-state index contributed by atoms with van der Waals surface area (Å²) in [6.45, 7) is 3.17. The summed E-state index contributed by atoms with van der Waals surface area (Å²) < 4.78 is 48.6. The Kier molecular flexibility index (Phi) is 6.79. The summed E-state index contributed by atoms with van der Waals surface area (Å²) in [6, 6.07) is 0. The molecule has 170 valence electrons. The lowest BCUT2D eigenvalue weighted by atomic mass is 10.1. The van der Waals surface area contributed by atoms with E-state index in [2.05, 4.69) is 15.0 Å². The van der Waals surface area contributed by atoms with Gasteiger partial charge in [-0.25, -0.2) is 19.3 Å². The Hall–Kier alpha value is -2.82. The lowest BCUT2D eigenvalue weighted by molar-refractivity contribution is -0.159. The summed E-state index contributed by atoms with van der Waals surface area (Å²) >= 11 is 0. The fourth-order valence-electron chi connectivity index (χ4n) is 3.21. The third-order valence-electron chi connectivity index (χ3n) is 4.80. The number of carbonyl (C=O) groups is 2. The molecule has 31 heavy (non-hydrogen) atoms. The minimum Gasteiger partial charge on any atom is -0.463 e. The highest BCUT2D eigenvalue weighted by atomic mass is 19.1. The Morgan fingerprint density at radius 1 is 1.23 bits per heavy atom. The zero-order valence-electron chi connectivity index (χ0n) is 19.4. The summed E-state index contributed by atoms with van der Waals surface area (Å²) in [5.41, 5.74) is 6.29. The molecule has 0 saturated carbocycles. The van der Waals surface area contributed by atoms with Gasteiger partial charge in [0.2, 0.25) is 0 Å². The fourth-order valence-corrected chi connectivity index (χ4v) is 3.21. The molecular weight excluding hydrogens is 409 g/mol. The maximum absolute atomic E-state index is 15.5. The van der Waals surface area contributed by atoms with Crippen LogP contribution in [0.1, 0.15) is 61.3 Å². The summed E-state index contributed by atoms with van der Waals surface area (Å²) in [6.07, 6.45) is -3.78. The van der Waals surface area contributed by atoms with Crippen LogP contribution in [0.3, 0.4) is 0 Å². The molecule has 1 saturated heterocycles. The molecule has 1 aliphatic rings. The molecule has 2 aromatic heterocycles. The zero-order chi connectivity index (χ0) is 24.1. The number of hydrogen-bond acceptors (Lipinski definition) is 9. The monoisotopic (exact) mass is 439 g/mol. The van der Waals surface area contributed by atoms with Gasteiger partial charge in [0.15, 0.2) is 30.0 Å². The van der Waals surface area contributed by atoms with E-state index in [0.717, 1.165) is 0 Å². The van der Waals surface area contributed by atoms with E-state index in [1.54, 1.807) is 13.8 Å². The van der Waals surface area contributed by atoms with Crippen LogP contribution in [0.15, 0.2) is 12.7 Å². The van der Waals surface area contributed by atoms with Crippen molar-refractivity contribution in [3.8, 4) is 0 Å². The van der Waals surface area contributed by atoms with Gasteiger partial charge >= 0.3 is 11.9 Å². The first-order valence-electron chi connectivity index (χ1n) is 11.3. The molecule has 0 aliphatic carbocycles. The Balaban J connectivity index is 1.79. The van der Waals surface area contributed by atoms with Crippen LogP contribution in [-0.4, -0.2) is 56.4 Å². The number of rotatable bonds is 10. The lowest BCUT2D eigenvalue weighted by Crippen LogP contribution is -2.37. The van der Waals surface area contributed by atoms with Crippen molar-refractivity contribution in [1.29, 1.82) is 0 Å². The van der Waals surface area contributed by atoms with Gasteiger partial charge < -0.3 is 19.9 Å². The van der Waals surface area contributed by atoms with Gasteiger partial charge in [-0.15, -0.1) is 0 Å². The Morgan fingerprint density at radius 2 is 1.94 bits per heavy atom. The molecule has 0 amide bonds. The van der Waals surface area contributed by atoms with E-state index in [1.165, 1.54) is 17.2 Å². The SMILES string of the molecule is [2H]C(CC)CC(=O)OC[C@H]1OC(n2cnc3c(N)ncnc32)[C@H](F)[C@@H]1OC(=O)CC([2H])CC. The smallest absolute Gasteiger partial charge is 0.306 e. The number of nitrogen functional groups attached to an aromatic ring is 1. The van der Waals surface area contributed by atoms with Crippen molar-refractivity contribution >= 4 is 28.9 Å². The number of hydrogen-bond donors (Lipinski definition) is 1. The van der Waals surface area contributed by atoms with Crippen LogP contribution in [0.4, 0.5) is 10.2 Å². The quantitative estimate of drug-likeness (QED) is 0.554. The molecule has 1 fully saturated rings. The highest BCUT2D eigenvalue weighted by Crippen LogP contribution is 2.36. The standard InChI is InChI=1S/C20H28FN5O5/c1-3-5-7-13(27)29-9-12-17(31-14(28)8-6-4-2)15(21)20(30-12)26-11-25-16-18(22)23-10-24-19(16)26/h10-12,15,17,20H,3-9H2,1-2H3,(H2,22,23,24)/t12-,15-,17-,20?/m1/s1/i5D,6D/t5?,6?,12-,15-,17-,20?. The molecule has 10 nitrogen and oxygen atoms in total. The van der Waals surface area contributed by atoms with Crippen LogP contribution in [0.5, 0.6) is 0 Å². The van der Waals surface area contributed by atoms with Crippen LogP contribution < -0.4 is 5.73 Å². The first-order valence-corrected chi connectivity index (χ1v) is 10.2. The number of nitrogens with zero attached hydrogens (tertiary/aromatic N) is 4. The second-order valence-corrected chi connectivity index (χ2v) is 7.03. The number of anilines is 1. The number of esters is 2. The normalized spacial score (nSPS) is 26.2. The van der Waals surface area contributed by atoms with E-state index < -0.39 is 49.3 Å². The molecule has 6 atom stereocenters. The summed E-state index contributed by atoms with van der Waals surface area (Å²) in [5.74, 6) is -1.26. The first kappa shape index (κ1) is 20.1. The van der Waals surface area contributed by atoms with Crippen molar-refractivity contribution in [2.45, 2.75) is 76.9 Å². The van der Waals surface area contributed by atoms with Crippen molar-refractivity contribution in [3.63, 3.8) is 0 Å². The van der Waals surface area contributed by atoms with Gasteiger partial charge in [-0.2, -0.15) is 0 Å². The number of nitrogens with two attached hydrogens (primary N) is 1. The third kappa shape index (κ3) is 5.27.